The van der Waals surface area contributed by atoms with Crippen LogP contribution in [0.3, 0.4) is 0 Å². The first-order valence-electron chi connectivity index (χ1n) is 8.89. The molecule has 0 radical (unpaired) electrons. The van der Waals surface area contributed by atoms with E-state index in [4.69, 9.17) is 0 Å². The first kappa shape index (κ1) is 19.8. The number of benzene rings is 3. The summed E-state index contributed by atoms with van der Waals surface area (Å²) in [5.41, 5.74) is 2.64. The lowest BCUT2D eigenvalue weighted by Crippen LogP contribution is -2.18. The summed E-state index contributed by atoms with van der Waals surface area (Å²) < 4.78 is 0. The first-order chi connectivity index (χ1) is 13.9. The van der Waals surface area contributed by atoms with E-state index >= 15 is 0 Å². The molecule has 0 aliphatic heterocycles. The number of nitrogens with zero attached hydrogens (tertiary/aromatic N) is 1. The molecule has 0 aliphatic carbocycles. The second-order valence-corrected chi connectivity index (χ2v) is 6.53. The minimum absolute atomic E-state index is 0.0798. The molecule has 0 aliphatic rings. The molecule has 0 heterocycles. The number of hydrogen-bond acceptors (Lipinski definition) is 4. The van der Waals surface area contributed by atoms with Gasteiger partial charge in [0.2, 0.25) is 0 Å². The average molecular weight is 389 g/mol. The van der Waals surface area contributed by atoms with Crippen molar-refractivity contribution in [2.75, 3.05) is 10.6 Å². The largest absolute Gasteiger partial charge is 0.321 e. The van der Waals surface area contributed by atoms with E-state index in [1.807, 2.05) is 13.0 Å². The molecule has 0 spiro atoms. The minimum atomic E-state index is -0.499. The number of amides is 2. The lowest BCUT2D eigenvalue weighted by atomic mass is 10.1. The Balaban J connectivity index is 1.85. The topological polar surface area (TPSA) is 101 Å². The number of nitrogens with one attached hydrogen (secondary N) is 2. The quantitative estimate of drug-likeness (QED) is 0.487. The normalized spacial score (nSPS) is 10.3. The van der Waals surface area contributed by atoms with Crippen molar-refractivity contribution in [2.24, 2.45) is 0 Å². The number of carbonyl (C=O) groups excluding carboxylic acids is 2. The van der Waals surface area contributed by atoms with Gasteiger partial charge >= 0.3 is 0 Å². The third kappa shape index (κ3) is 4.47. The molecule has 3 rings (SSSR count). The maximum Gasteiger partial charge on any atom is 0.274 e. The molecule has 2 amide bonds. The van der Waals surface area contributed by atoms with Crippen LogP contribution in [0.25, 0.3) is 0 Å². The molecular weight excluding hydrogens is 370 g/mol. The van der Waals surface area contributed by atoms with Crippen LogP contribution in [-0.2, 0) is 0 Å². The van der Waals surface area contributed by atoms with Gasteiger partial charge in [-0.2, -0.15) is 0 Å². The highest BCUT2D eigenvalue weighted by Gasteiger charge is 2.18. The van der Waals surface area contributed by atoms with Gasteiger partial charge in [0, 0.05) is 11.6 Å². The summed E-state index contributed by atoms with van der Waals surface area (Å²) in [5.74, 6) is -0.811. The van der Waals surface area contributed by atoms with E-state index in [9.17, 15) is 19.7 Å². The number of hydrogen-bond donors (Lipinski definition) is 2. The van der Waals surface area contributed by atoms with Crippen LogP contribution in [-0.4, -0.2) is 16.7 Å². The monoisotopic (exact) mass is 389 g/mol. The third-order valence-corrected chi connectivity index (χ3v) is 4.45. The summed E-state index contributed by atoms with van der Waals surface area (Å²) in [4.78, 5) is 36.0. The van der Waals surface area contributed by atoms with E-state index in [1.165, 1.54) is 12.1 Å². The Kier molecular flexibility index (Phi) is 5.69. The van der Waals surface area contributed by atoms with Crippen molar-refractivity contribution < 1.29 is 14.5 Å². The van der Waals surface area contributed by atoms with E-state index in [0.717, 1.165) is 5.56 Å². The van der Waals surface area contributed by atoms with Crippen molar-refractivity contribution in [3.63, 3.8) is 0 Å². The molecule has 0 atom stereocenters. The molecule has 0 saturated carbocycles. The smallest absolute Gasteiger partial charge is 0.274 e. The van der Waals surface area contributed by atoms with Crippen LogP contribution in [0.5, 0.6) is 0 Å². The van der Waals surface area contributed by atoms with Crippen LogP contribution >= 0.6 is 0 Å². The Morgan fingerprint density at radius 3 is 2.21 bits per heavy atom. The van der Waals surface area contributed by atoms with Crippen LogP contribution < -0.4 is 10.6 Å². The van der Waals surface area contributed by atoms with Crippen molar-refractivity contribution in [3.05, 3.63) is 99.1 Å². The summed E-state index contributed by atoms with van der Waals surface area (Å²) in [6.07, 6.45) is 0. The van der Waals surface area contributed by atoms with Gasteiger partial charge in [-0.05, 0) is 44.2 Å². The number of para-hydroxylation sites is 1. The summed E-state index contributed by atoms with van der Waals surface area (Å²) in [7, 11) is 0. The van der Waals surface area contributed by atoms with E-state index in [0.29, 0.717) is 22.5 Å². The van der Waals surface area contributed by atoms with E-state index in [-0.39, 0.29) is 17.2 Å². The van der Waals surface area contributed by atoms with E-state index in [2.05, 4.69) is 10.6 Å². The Morgan fingerprint density at radius 1 is 0.828 bits per heavy atom. The highest BCUT2D eigenvalue weighted by molar-refractivity contribution is 6.12. The van der Waals surface area contributed by atoms with Crippen molar-refractivity contribution in [1.82, 2.24) is 0 Å². The lowest BCUT2D eigenvalue weighted by molar-refractivity contribution is -0.385. The summed E-state index contributed by atoms with van der Waals surface area (Å²) in [5, 5.41) is 16.6. The number of aryl methyl sites for hydroxylation is 1. The van der Waals surface area contributed by atoms with E-state index < -0.39 is 10.8 Å². The van der Waals surface area contributed by atoms with Gasteiger partial charge in [-0.1, -0.05) is 35.9 Å². The Hall–Kier alpha value is -4.00. The predicted octanol–water partition coefficient (Wildman–Crippen LogP) is 4.72. The standard InChI is InChI=1S/C22H19N3O4/c1-14-7-5-8-16(13-14)21(26)24-19-10-4-3-9-17(19)22(27)23-18-11-6-12-20(15(18)2)25(28)29/h3-13H,1-2H3,(H,23,27)(H,24,26). The van der Waals surface area contributed by atoms with Gasteiger partial charge in [0.15, 0.2) is 0 Å². The van der Waals surface area contributed by atoms with Crippen LogP contribution in [0, 0.1) is 24.0 Å². The fraction of sp³-hybridized carbons (Fsp3) is 0.0909. The molecule has 3 aromatic carbocycles. The fourth-order valence-corrected chi connectivity index (χ4v) is 2.92. The molecule has 7 nitrogen and oxygen atoms in total. The number of rotatable bonds is 5. The lowest BCUT2D eigenvalue weighted by Gasteiger charge is -2.13. The van der Waals surface area contributed by atoms with Crippen molar-refractivity contribution in [2.45, 2.75) is 13.8 Å². The predicted molar refractivity (Wildman–Crippen MR) is 111 cm³/mol. The zero-order valence-corrected chi connectivity index (χ0v) is 15.9. The molecule has 29 heavy (non-hydrogen) atoms. The molecule has 0 saturated heterocycles. The molecule has 0 fully saturated rings. The van der Waals surface area contributed by atoms with Crippen molar-refractivity contribution >= 4 is 28.9 Å². The van der Waals surface area contributed by atoms with Crippen LogP contribution in [0.4, 0.5) is 17.1 Å². The Labute approximate surface area is 167 Å². The van der Waals surface area contributed by atoms with Gasteiger partial charge in [-0.15, -0.1) is 0 Å². The van der Waals surface area contributed by atoms with Crippen LogP contribution in [0.15, 0.2) is 66.7 Å². The second kappa shape index (κ2) is 8.35. The number of nitro groups is 1. The van der Waals surface area contributed by atoms with Crippen LogP contribution in [0.2, 0.25) is 0 Å². The van der Waals surface area contributed by atoms with Gasteiger partial charge in [0.25, 0.3) is 17.5 Å². The highest BCUT2D eigenvalue weighted by atomic mass is 16.6. The first-order valence-corrected chi connectivity index (χ1v) is 8.89. The average Bonchev–Trinajstić information content (AvgIpc) is 2.69. The molecule has 0 unspecified atom stereocenters. The molecule has 0 bridgehead atoms. The second-order valence-electron chi connectivity index (χ2n) is 6.53. The van der Waals surface area contributed by atoms with Gasteiger partial charge < -0.3 is 10.6 Å². The molecule has 3 aromatic rings. The molecular formula is C22H19N3O4. The fourth-order valence-electron chi connectivity index (χ4n) is 2.92. The molecule has 0 aromatic heterocycles. The maximum absolute atomic E-state index is 12.8. The summed E-state index contributed by atoms with van der Waals surface area (Å²) >= 11 is 0. The van der Waals surface area contributed by atoms with Gasteiger partial charge in [0.1, 0.15) is 0 Å². The minimum Gasteiger partial charge on any atom is -0.321 e. The molecule has 7 heteroatoms. The Morgan fingerprint density at radius 2 is 1.48 bits per heavy atom. The third-order valence-electron chi connectivity index (χ3n) is 4.45. The van der Waals surface area contributed by atoms with E-state index in [1.54, 1.807) is 55.5 Å². The van der Waals surface area contributed by atoms with Crippen molar-refractivity contribution in [3.8, 4) is 0 Å². The highest BCUT2D eigenvalue weighted by Crippen LogP contribution is 2.26. The van der Waals surface area contributed by atoms with Crippen LogP contribution in [0.1, 0.15) is 31.8 Å². The van der Waals surface area contributed by atoms with Crippen molar-refractivity contribution in [1.29, 1.82) is 0 Å². The zero-order valence-electron chi connectivity index (χ0n) is 15.9. The SMILES string of the molecule is Cc1cccc(C(=O)Nc2ccccc2C(=O)Nc2cccc([N+](=O)[O-])c2C)c1. The van der Waals surface area contributed by atoms with Gasteiger partial charge in [-0.25, -0.2) is 0 Å². The maximum atomic E-state index is 12.8. The Bertz CT molecular complexity index is 1110. The van der Waals surface area contributed by atoms with Gasteiger partial charge in [-0.3, -0.25) is 19.7 Å². The summed E-state index contributed by atoms with van der Waals surface area (Å²) in [6, 6.07) is 18.2. The molecule has 146 valence electrons. The number of nitro benzene ring substituents is 1. The number of carbonyl (C=O) groups is 2. The molecule has 2 N–H and O–H groups in total. The summed E-state index contributed by atoms with van der Waals surface area (Å²) in [6.45, 7) is 3.46. The zero-order chi connectivity index (χ0) is 21.0. The van der Waals surface area contributed by atoms with Gasteiger partial charge in [0.05, 0.1) is 27.4 Å². The number of anilines is 2.